The van der Waals surface area contributed by atoms with Gasteiger partial charge in [-0.25, -0.2) is 0 Å². The third-order valence-electron chi connectivity index (χ3n) is 2.58. The van der Waals surface area contributed by atoms with Crippen molar-refractivity contribution < 1.29 is 0 Å². The van der Waals surface area contributed by atoms with Crippen molar-refractivity contribution in [3.05, 3.63) is 71.3 Å². The highest BCUT2D eigenvalue weighted by atomic mass is 14.8. The minimum absolute atomic E-state index is 0.705. The highest BCUT2D eigenvalue weighted by Gasteiger charge is 1.94. The van der Waals surface area contributed by atoms with Gasteiger partial charge in [-0.2, -0.15) is 5.26 Å². The van der Waals surface area contributed by atoms with Gasteiger partial charge in [-0.1, -0.05) is 42.5 Å². The molecule has 0 saturated carbocycles. The molecule has 0 atom stereocenters. The van der Waals surface area contributed by atoms with Crippen molar-refractivity contribution in [1.29, 1.82) is 5.26 Å². The molecule has 2 aromatic rings. The van der Waals surface area contributed by atoms with Gasteiger partial charge in [0.25, 0.3) is 0 Å². The number of nitrogens with zero attached hydrogens (tertiary/aromatic N) is 1. The molecule has 0 amide bonds. The average Bonchev–Trinajstić information content (AvgIpc) is 2.41. The summed E-state index contributed by atoms with van der Waals surface area (Å²) in [5, 5.41) is 12.1. The van der Waals surface area contributed by atoms with E-state index in [1.54, 1.807) is 0 Å². The Morgan fingerprint density at radius 2 is 1.41 bits per heavy atom. The molecule has 0 unspecified atom stereocenters. The maximum atomic E-state index is 8.69. The lowest BCUT2D eigenvalue weighted by Crippen LogP contribution is -2.12. The normalized spacial score (nSPS) is 9.82. The molecular weight excluding hydrogens is 208 g/mol. The topological polar surface area (TPSA) is 35.8 Å². The number of nitriles is 1. The van der Waals surface area contributed by atoms with Crippen LogP contribution in [0, 0.1) is 11.3 Å². The molecule has 2 heteroatoms. The standard InChI is InChI=1S/C15H14N2/c16-10-13-6-8-15(9-7-13)12-17-11-14-4-2-1-3-5-14/h1-9,17H,11-12H2. The predicted molar refractivity (Wildman–Crippen MR) is 68.1 cm³/mol. The molecule has 2 aromatic carbocycles. The lowest BCUT2D eigenvalue weighted by atomic mass is 10.1. The molecule has 84 valence electrons. The zero-order valence-electron chi connectivity index (χ0n) is 9.56. The summed E-state index contributed by atoms with van der Waals surface area (Å²) in [6.07, 6.45) is 0. The molecule has 1 N–H and O–H groups in total. The minimum atomic E-state index is 0.705. The molecule has 17 heavy (non-hydrogen) atoms. The summed E-state index contributed by atoms with van der Waals surface area (Å²) in [5.74, 6) is 0. The molecule has 0 aromatic heterocycles. The van der Waals surface area contributed by atoms with Crippen LogP contribution >= 0.6 is 0 Å². The van der Waals surface area contributed by atoms with Gasteiger partial charge in [0, 0.05) is 13.1 Å². The van der Waals surface area contributed by atoms with Crippen LogP contribution in [0.15, 0.2) is 54.6 Å². The van der Waals surface area contributed by atoms with Gasteiger partial charge >= 0.3 is 0 Å². The molecule has 0 heterocycles. The summed E-state index contributed by atoms with van der Waals surface area (Å²) in [5.41, 5.74) is 3.18. The minimum Gasteiger partial charge on any atom is -0.309 e. The van der Waals surface area contributed by atoms with Crippen LogP contribution in [0.25, 0.3) is 0 Å². The van der Waals surface area contributed by atoms with Gasteiger partial charge in [-0.05, 0) is 23.3 Å². The van der Waals surface area contributed by atoms with Crippen LogP contribution < -0.4 is 5.32 Å². The van der Waals surface area contributed by atoms with Crippen LogP contribution in [-0.4, -0.2) is 0 Å². The Labute approximate surface area is 102 Å². The first-order chi connectivity index (χ1) is 8.38. The summed E-state index contributed by atoms with van der Waals surface area (Å²) in [6, 6.07) is 20.1. The fourth-order valence-corrected chi connectivity index (χ4v) is 1.64. The van der Waals surface area contributed by atoms with Crippen molar-refractivity contribution >= 4 is 0 Å². The predicted octanol–water partition coefficient (Wildman–Crippen LogP) is 2.85. The summed E-state index contributed by atoms with van der Waals surface area (Å²) < 4.78 is 0. The molecule has 0 aliphatic carbocycles. The molecule has 2 nitrogen and oxygen atoms in total. The van der Waals surface area contributed by atoms with Crippen LogP contribution in [0.1, 0.15) is 16.7 Å². The van der Waals surface area contributed by atoms with Crippen molar-refractivity contribution in [2.75, 3.05) is 0 Å². The Bertz CT molecular complexity index is 495. The van der Waals surface area contributed by atoms with Crippen LogP contribution in [0.5, 0.6) is 0 Å². The number of benzene rings is 2. The van der Waals surface area contributed by atoms with Crippen molar-refractivity contribution in [3.8, 4) is 6.07 Å². The number of rotatable bonds is 4. The molecular formula is C15H14N2. The highest BCUT2D eigenvalue weighted by Crippen LogP contribution is 2.04. The van der Waals surface area contributed by atoms with Crippen molar-refractivity contribution in [1.82, 2.24) is 5.32 Å². The van der Waals surface area contributed by atoms with Gasteiger partial charge in [0.15, 0.2) is 0 Å². The lowest BCUT2D eigenvalue weighted by Gasteiger charge is -2.05. The fourth-order valence-electron chi connectivity index (χ4n) is 1.64. The fraction of sp³-hybridized carbons (Fsp3) is 0.133. The van der Waals surface area contributed by atoms with E-state index in [9.17, 15) is 0 Å². The second-order valence-electron chi connectivity index (χ2n) is 3.90. The molecule has 0 bridgehead atoms. The largest absolute Gasteiger partial charge is 0.309 e. The molecule has 0 aliphatic heterocycles. The second-order valence-corrected chi connectivity index (χ2v) is 3.90. The highest BCUT2D eigenvalue weighted by molar-refractivity contribution is 5.31. The Hall–Kier alpha value is -2.11. The summed E-state index contributed by atoms with van der Waals surface area (Å²) in [7, 11) is 0. The smallest absolute Gasteiger partial charge is 0.0991 e. The van der Waals surface area contributed by atoms with E-state index < -0.39 is 0 Å². The third-order valence-corrected chi connectivity index (χ3v) is 2.58. The third kappa shape index (κ3) is 3.44. The zero-order chi connectivity index (χ0) is 11.9. The van der Waals surface area contributed by atoms with Crippen LogP contribution in [0.2, 0.25) is 0 Å². The van der Waals surface area contributed by atoms with Gasteiger partial charge in [0.1, 0.15) is 0 Å². The Morgan fingerprint density at radius 1 is 0.824 bits per heavy atom. The average molecular weight is 222 g/mol. The van der Waals surface area contributed by atoms with E-state index in [2.05, 4.69) is 23.5 Å². The quantitative estimate of drug-likeness (QED) is 0.863. The summed E-state index contributed by atoms with van der Waals surface area (Å²) in [6.45, 7) is 1.68. The van der Waals surface area contributed by atoms with Crippen molar-refractivity contribution in [3.63, 3.8) is 0 Å². The van der Waals surface area contributed by atoms with Gasteiger partial charge in [-0.3, -0.25) is 0 Å². The van der Waals surface area contributed by atoms with Crippen LogP contribution in [-0.2, 0) is 13.1 Å². The van der Waals surface area contributed by atoms with E-state index in [4.69, 9.17) is 5.26 Å². The second kappa shape index (κ2) is 5.83. The maximum Gasteiger partial charge on any atom is 0.0991 e. The number of hydrogen-bond donors (Lipinski definition) is 1. The first-order valence-electron chi connectivity index (χ1n) is 5.62. The maximum absolute atomic E-state index is 8.69. The van der Waals surface area contributed by atoms with Gasteiger partial charge in [-0.15, -0.1) is 0 Å². The summed E-state index contributed by atoms with van der Waals surface area (Å²) in [4.78, 5) is 0. The van der Waals surface area contributed by atoms with E-state index in [0.29, 0.717) is 5.56 Å². The molecule has 2 rings (SSSR count). The first-order valence-corrected chi connectivity index (χ1v) is 5.62. The van der Waals surface area contributed by atoms with Crippen molar-refractivity contribution in [2.24, 2.45) is 0 Å². The van der Waals surface area contributed by atoms with Crippen LogP contribution in [0.4, 0.5) is 0 Å². The van der Waals surface area contributed by atoms with E-state index in [0.717, 1.165) is 13.1 Å². The monoisotopic (exact) mass is 222 g/mol. The van der Waals surface area contributed by atoms with Crippen LogP contribution in [0.3, 0.4) is 0 Å². The first kappa shape index (κ1) is 11.4. The van der Waals surface area contributed by atoms with E-state index in [1.165, 1.54) is 11.1 Å². The van der Waals surface area contributed by atoms with Gasteiger partial charge < -0.3 is 5.32 Å². The van der Waals surface area contributed by atoms with Gasteiger partial charge in [0.2, 0.25) is 0 Å². The SMILES string of the molecule is N#Cc1ccc(CNCc2ccccc2)cc1. The van der Waals surface area contributed by atoms with Crippen molar-refractivity contribution in [2.45, 2.75) is 13.1 Å². The van der Waals surface area contributed by atoms with E-state index in [1.807, 2.05) is 42.5 Å². The lowest BCUT2D eigenvalue weighted by molar-refractivity contribution is 0.693. The Morgan fingerprint density at radius 3 is 2.00 bits per heavy atom. The molecule has 0 spiro atoms. The van der Waals surface area contributed by atoms with E-state index >= 15 is 0 Å². The molecule has 0 aliphatic rings. The molecule has 0 fully saturated rings. The Balaban J connectivity index is 1.84. The summed E-state index contributed by atoms with van der Waals surface area (Å²) >= 11 is 0. The number of nitrogens with one attached hydrogen (secondary N) is 1. The number of hydrogen-bond acceptors (Lipinski definition) is 2. The zero-order valence-corrected chi connectivity index (χ0v) is 9.56. The molecule has 0 radical (unpaired) electrons. The van der Waals surface area contributed by atoms with E-state index in [-0.39, 0.29) is 0 Å². The van der Waals surface area contributed by atoms with Gasteiger partial charge in [0.05, 0.1) is 11.6 Å². The Kier molecular flexibility index (Phi) is 3.90. The molecule has 0 saturated heterocycles.